The fourth-order valence-electron chi connectivity index (χ4n) is 3.11. The molecule has 0 saturated heterocycles. The number of rotatable bonds is 6. The van der Waals surface area contributed by atoms with Gasteiger partial charge in [-0.25, -0.2) is 14.0 Å². The van der Waals surface area contributed by atoms with Crippen molar-refractivity contribution in [2.24, 2.45) is 0 Å². The predicted molar refractivity (Wildman–Crippen MR) is 118 cm³/mol. The van der Waals surface area contributed by atoms with Crippen molar-refractivity contribution in [1.82, 2.24) is 0 Å². The smallest absolute Gasteiger partial charge is 0.374 e. The van der Waals surface area contributed by atoms with Crippen LogP contribution in [0.5, 0.6) is 0 Å². The lowest BCUT2D eigenvalue weighted by molar-refractivity contribution is -0.146. The van der Waals surface area contributed by atoms with Gasteiger partial charge in [0.1, 0.15) is 11.4 Å². The minimum Gasteiger partial charge on any atom is -0.472 e. The zero-order chi connectivity index (χ0) is 21.7. The van der Waals surface area contributed by atoms with E-state index in [1.165, 1.54) is 12.1 Å². The van der Waals surface area contributed by atoms with E-state index in [4.69, 9.17) is 14.2 Å². The van der Waals surface area contributed by atoms with Crippen LogP contribution in [0.1, 0.15) is 31.1 Å². The van der Waals surface area contributed by atoms with Gasteiger partial charge in [0, 0.05) is 14.7 Å². The Hall–Kier alpha value is -2.68. The monoisotopic (exact) mass is 522 g/mol. The third-order valence-electron chi connectivity index (χ3n) is 4.34. The summed E-state index contributed by atoms with van der Waals surface area (Å²) < 4.78 is 30.8. The standard InChI is InChI=1S/C23H20FIO5/c1-3-28-22(26)18-17(14-9-6-5-7-10-14)19(25)20(15-11-8-12-16(24)13-15)30-21(18)23(27)29-4-2/h5-13,20H,3-4H2,1-2H3. The topological polar surface area (TPSA) is 61.8 Å². The second-order valence-corrected chi connectivity index (χ2v) is 7.45. The van der Waals surface area contributed by atoms with Gasteiger partial charge in [0.05, 0.1) is 13.2 Å². The number of hydrogen-bond donors (Lipinski definition) is 0. The summed E-state index contributed by atoms with van der Waals surface area (Å²) in [6.45, 7) is 3.57. The number of esters is 2. The lowest BCUT2D eigenvalue weighted by Gasteiger charge is -2.29. The summed E-state index contributed by atoms with van der Waals surface area (Å²) in [5, 5.41) is 0. The van der Waals surface area contributed by atoms with Gasteiger partial charge < -0.3 is 14.2 Å². The molecule has 0 N–H and O–H groups in total. The SMILES string of the molecule is CCOC(=O)C1=C(C(=O)OCC)C(c2ccccc2)=C(I)C(c2cccc(F)c2)O1. The van der Waals surface area contributed by atoms with Crippen LogP contribution in [-0.2, 0) is 23.8 Å². The number of halogens is 2. The van der Waals surface area contributed by atoms with Crippen molar-refractivity contribution < 1.29 is 28.2 Å². The Morgan fingerprint density at radius 1 is 1.00 bits per heavy atom. The third kappa shape index (κ3) is 4.56. The molecule has 5 nitrogen and oxygen atoms in total. The van der Waals surface area contributed by atoms with Crippen LogP contribution in [0.15, 0.2) is 69.5 Å². The Morgan fingerprint density at radius 3 is 2.30 bits per heavy atom. The average Bonchev–Trinajstić information content (AvgIpc) is 2.74. The number of carbonyl (C=O) groups excluding carboxylic acids is 2. The van der Waals surface area contributed by atoms with Crippen molar-refractivity contribution in [2.45, 2.75) is 20.0 Å². The molecule has 30 heavy (non-hydrogen) atoms. The van der Waals surface area contributed by atoms with Gasteiger partial charge in [0.15, 0.2) is 6.10 Å². The summed E-state index contributed by atoms with van der Waals surface area (Å²) in [4.78, 5) is 25.6. The van der Waals surface area contributed by atoms with Crippen LogP contribution < -0.4 is 0 Å². The van der Waals surface area contributed by atoms with Gasteiger partial charge in [-0.15, -0.1) is 0 Å². The van der Waals surface area contributed by atoms with Gasteiger partial charge >= 0.3 is 11.9 Å². The lowest BCUT2D eigenvalue weighted by Crippen LogP contribution is -2.25. The van der Waals surface area contributed by atoms with E-state index in [1.54, 1.807) is 26.0 Å². The third-order valence-corrected chi connectivity index (χ3v) is 5.44. The van der Waals surface area contributed by atoms with E-state index in [9.17, 15) is 14.0 Å². The van der Waals surface area contributed by atoms with E-state index >= 15 is 0 Å². The molecule has 7 heteroatoms. The Balaban J connectivity index is 2.27. The Kier molecular flexibility index (Phi) is 7.25. The maximum Gasteiger partial charge on any atom is 0.374 e. The summed E-state index contributed by atoms with van der Waals surface area (Å²) in [6.07, 6.45) is -0.783. The molecule has 2 aromatic rings. The summed E-state index contributed by atoms with van der Waals surface area (Å²) >= 11 is 2.07. The van der Waals surface area contributed by atoms with Crippen molar-refractivity contribution in [3.05, 3.63) is 86.5 Å². The number of carbonyl (C=O) groups is 2. The number of hydrogen-bond acceptors (Lipinski definition) is 5. The molecule has 1 aliphatic rings. The molecule has 1 atom stereocenters. The molecule has 1 unspecified atom stereocenters. The predicted octanol–water partition coefficient (Wildman–Crippen LogP) is 5.12. The summed E-state index contributed by atoms with van der Waals surface area (Å²) in [7, 11) is 0. The molecule has 0 saturated carbocycles. The maximum absolute atomic E-state index is 13.9. The highest BCUT2D eigenvalue weighted by Crippen LogP contribution is 2.46. The molecule has 0 bridgehead atoms. The van der Waals surface area contributed by atoms with E-state index in [0.29, 0.717) is 20.3 Å². The molecule has 1 aliphatic heterocycles. The number of ether oxygens (including phenoxy) is 3. The first-order valence-corrected chi connectivity index (χ1v) is 10.5. The van der Waals surface area contributed by atoms with Crippen molar-refractivity contribution >= 4 is 40.1 Å². The molecule has 0 radical (unpaired) electrons. The van der Waals surface area contributed by atoms with Gasteiger partial charge in [0.2, 0.25) is 5.76 Å². The van der Waals surface area contributed by atoms with Crippen LogP contribution in [0.25, 0.3) is 5.57 Å². The normalized spacial score (nSPS) is 16.2. The highest BCUT2D eigenvalue weighted by Gasteiger charge is 2.39. The van der Waals surface area contributed by atoms with Crippen LogP contribution in [0.3, 0.4) is 0 Å². The summed E-state index contributed by atoms with van der Waals surface area (Å²) in [6, 6.07) is 15.1. The van der Waals surface area contributed by atoms with Crippen LogP contribution in [0, 0.1) is 5.82 Å². The molecule has 1 heterocycles. The van der Waals surface area contributed by atoms with Gasteiger partial charge in [-0.3, -0.25) is 0 Å². The van der Waals surface area contributed by atoms with Gasteiger partial charge in [-0.1, -0.05) is 42.5 Å². The zero-order valence-electron chi connectivity index (χ0n) is 16.5. The van der Waals surface area contributed by atoms with E-state index in [1.807, 2.05) is 30.3 Å². The second-order valence-electron chi connectivity index (χ2n) is 6.29. The van der Waals surface area contributed by atoms with Crippen LogP contribution in [0.2, 0.25) is 0 Å². The molecule has 0 aromatic heterocycles. The first kappa shape index (κ1) is 22.0. The molecule has 0 aliphatic carbocycles. The molecule has 2 aromatic carbocycles. The fraction of sp³-hybridized carbons (Fsp3) is 0.217. The number of benzene rings is 2. The van der Waals surface area contributed by atoms with E-state index in [0.717, 1.165) is 0 Å². The Labute approximate surface area is 187 Å². The van der Waals surface area contributed by atoms with Crippen LogP contribution >= 0.6 is 22.6 Å². The molecule has 3 rings (SSSR count). The Morgan fingerprint density at radius 2 is 1.67 bits per heavy atom. The van der Waals surface area contributed by atoms with Crippen molar-refractivity contribution in [2.75, 3.05) is 13.2 Å². The van der Waals surface area contributed by atoms with E-state index in [2.05, 4.69) is 22.6 Å². The lowest BCUT2D eigenvalue weighted by atomic mass is 9.91. The van der Waals surface area contributed by atoms with Crippen LogP contribution in [0.4, 0.5) is 4.39 Å². The minimum atomic E-state index is -0.783. The summed E-state index contributed by atoms with van der Waals surface area (Å²) in [5.41, 5.74) is 1.71. The van der Waals surface area contributed by atoms with Crippen molar-refractivity contribution in [3.8, 4) is 0 Å². The zero-order valence-corrected chi connectivity index (χ0v) is 18.6. The molecule has 156 valence electrons. The average molecular weight is 522 g/mol. The molecule has 0 amide bonds. The molecular formula is C23H20FIO5. The molecular weight excluding hydrogens is 502 g/mol. The fourth-order valence-corrected chi connectivity index (χ4v) is 4.18. The molecule has 0 spiro atoms. The summed E-state index contributed by atoms with van der Waals surface area (Å²) in [5.74, 6) is -2.14. The Bertz CT molecular complexity index is 1010. The first-order chi connectivity index (χ1) is 14.5. The van der Waals surface area contributed by atoms with E-state index < -0.39 is 23.9 Å². The first-order valence-electron chi connectivity index (χ1n) is 9.44. The highest BCUT2D eigenvalue weighted by atomic mass is 127. The van der Waals surface area contributed by atoms with Crippen molar-refractivity contribution in [3.63, 3.8) is 0 Å². The maximum atomic E-state index is 13.9. The van der Waals surface area contributed by atoms with Gasteiger partial charge in [-0.05, 0) is 54.1 Å². The minimum absolute atomic E-state index is 0.00134. The van der Waals surface area contributed by atoms with Crippen LogP contribution in [-0.4, -0.2) is 25.2 Å². The largest absolute Gasteiger partial charge is 0.472 e. The quantitative estimate of drug-likeness (QED) is 0.389. The van der Waals surface area contributed by atoms with Gasteiger partial charge in [-0.2, -0.15) is 0 Å². The second kappa shape index (κ2) is 9.88. The van der Waals surface area contributed by atoms with E-state index in [-0.39, 0.29) is 24.5 Å². The van der Waals surface area contributed by atoms with Gasteiger partial charge in [0.25, 0.3) is 0 Å². The van der Waals surface area contributed by atoms with Crippen molar-refractivity contribution in [1.29, 1.82) is 0 Å². The molecule has 0 fully saturated rings. The highest BCUT2D eigenvalue weighted by molar-refractivity contribution is 14.1.